The van der Waals surface area contributed by atoms with Gasteiger partial charge in [0.05, 0.1) is 0 Å². The van der Waals surface area contributed by atoms with Crippen molar-refractivity contribution in [2.45, 2.75) is 5.51 Å². The number of hydrogen-bond donors (Lipinski definition) is 1. The van der Waals surface area contributed by atoms with Crippen LogP contribution >= 0.6 is 0 Å². The largest absolute Gasteiger partial charge is 0.522 e. The summed E-state index contributed by atoms with van der Waals surface area (Å²) in [6.07, 6.45) is 0. The second-order valence-electron chi connectivity index (χ2n) is 0.921. The summed E-state index contributed by atoms with van der Waals surface area (Å²) in [5.41, 5.74) is -5.53. The van der Waals surface area contributed by atoms with Crippen LogP contribution in [0.3, 0.4) is 0 Å². The topological polar surface area (TPSA) is 54.4 Å². The average Bonchev–Trinajstić information content (AvgIpc) is 1.25. The Kier molecular flexibility index (Phi) is 2.25. The van der Waals surface area contributed by atoms with Gasteiger partial charge in [0.15, 0.2) is 0 Å². The van der Waals surface area contributed by atoms with E-state index in [4.69, 9.17) is 13.0 Å². The third kappa shape index (κ3) is 2.50. The Morgan fingerprint density at radius 1 is 1.22 bits per heavy atom. The van der Waals surface area contributed by atoms with Gasteiger partial charge in [-0.25, -0.2) is 0 Å². The molecule has 0 aliphatic carbocycles. The molecule has 0 aliphatic heterocycles. The van der Waals surface area contributed by atoms with Crippen molar-refractivity contribution in [2.75, 3.05) is 0 Å². The van der Waals surface area contributed by atoms with Crippen molar-refractivity contribution in [3.8, 4) is 0 Å². The van der Waals surface area contributed by atoms with Crippen LogP contribution in [-0.4, -0.2) is 18.5 Å². The van der Waals surface area contributed by atoms with Crippen LogP contribution in [0.15, 0.2) is 0 Å². The van der Waals surface area contributed by atoms with Crippen LogP contribution in [0, 0.1) is 0 Å². The first-order valence-corrected chi connectivity index (χ1v) is 2.73. The van der Waals surface area contributed by atoms with Gasteiger partial charge in [0, 0.05) is 0 Å². The smallest absolute Gasteiger partial charge is 0.279 e. The van der Waals surface area contributed by atoms with E-state index in [0.29, 0.717) is 0 Å². The van der Waals surface area contributed by atoms with Crippen molar-refractivity contribution < 1.29 is 26.1 Å². The van der Waals surface area contributed by atoms with Crippen molar-refractivity contribution in [3.05, 3.63) is 0 Å². The minimum absolute atomic E-state index is 0. The molecule has 0 aromatic heterocycles. The summed E-state index contributed by atoms with van der Waals surface area (Å²) in [6.45, 7) is 0. The van der Waals surface area contributed by atoms with Gasteiger partial charge in [-0.15, -0.1) is 0 Å². The van der Waals surface area contributed by atoms with E-state index in [-0.39, 0.29) is 0 Å². The second kappa shape index (κ2) is 1.90. The maximum absolute atomic E-state index is 10.7. The van der Waals surface area contributed by atoms with E-state index in [1.54, 1.807) is 0 Å². The molecule has 0 rings (SSSR count). The number of alkyl halides is 3. The molecule has 8 heteroatoms. The Labute approximate surface area is 42.9 Å². The molecule has 0 saturated heterocycles. The SMILES string of the molecule is O=S(=O)(O)C(F)(F)F.[Rf]. The van der Waals surface area contributed by atoms with E-state index in [0.717, 1.165) is 0 Å². The van der Waals surface area contributed by atoms with Crippen molar-refractivity contribution >= 4 is 10.1 Å². The van der Waals surface area contributed by atoms with Gasteiger partial charge >= 0.3 is 15.6 Å². The fourth-order valence-electron chi connectivity index (χ4n) is 0. The van der Waals surface area contributed by atoms with Crippen molar-refractivity contribution in [1.29, 1.82) is 0 Å². The first-order chi connectivity index (χ1) is 3.25. The molecular formula is CHF3O3RfS. The minimum Gasteiger partial charge on any atom is -0.279 e. The molecule has 0 aromatic carbocycles. The fourth-order valence-corrected chi connectivity index (χ4v) is 0. The summed E-state index contributed by atoms with van der Waals surface area (Å²) in [7, 11) is -5.84. The standard InChI is InChI=1S/CHF3O3S.Rf/c2-1(3,4)8(5,6)7;/h(H,5,6,7);. The van der Waals surface area contributed by atoms with Gasteiger partial charge in [0.2, 0.25) is 0 Å². The van der Waals surface area contributed by atoms with E-state index in [9.17, 15) is 13.2 Å². The zero-order valence-corrected chi connectivity index (χ0v) is 11.2. The zero-order valence-electron chi connectivity index (χ0n) is 4.01. The summed E-state index contributed by atoms with van der Waals surface area (Å²) in [5.74, 6) is 0. The first-order valence-electron chi connectivity index (χ1n) is 1.29. The predicted molar refractivity (Wildman–Crippen MR) is 17.6 cm³/mol. The molecule has 0 radical (unpaired) electrons. The Hall–Kier alpha value is -1.30. The third-order valence-electron chi connectivity index (χ3n) is 0.292. The zero-order chi connectivity index (χ0) is 7.00. The molecule has 3 nitrogen and oxygen atoms in total. The molecule has 0 spiro atoms. The van der Waals surface area contributed by atoms with Crippen LogP contribution in [0.2, 0.25) is 0 Å². The normalized spacial score (nSPS) is 12.4. The Balaban J connectivity index is 0. The average molecular weight is 417 g/mol. The summed E-state index contributed by atoms with van der Waals surface area (Å²) >= 11 is 0. The molecule has 0 atom stereocenters. The number of halogens is 3. The van der Waals surface area contributed by atoms with Gasteiger partial charge in [-0.2, -0.15) is 21.6 Å². The van der Waals surface area contributed by atoms with Gasteiger partial charge < -0.3 is 0 Å². The maximum atomic E-state index is 10.7. The monoisotopic (exact) mass is 417 g/mol. The fraction of sp³-hybridized carbons (Fsp3) is 1.00. The van der Waals surface area contributed by atoms with Gasteiger partial charge in [0.25, 0.3) is 0 Å². The Morgan fingerprint density at radius 3 is 1.33 bits per heavy atom. The molecule has 0 aliphatic rings. The second-order valence-corrected chi connectivity index (χ2v) is 2.33. The molecule has 52 valence electrons. The van der Waals surface area contributed by atoms with E-state index in [1.165, 1.54) is 0 Å². The quantitative estimate of drug-likeness (QED) is 0.459. The van der Waals surface area contributed by atoms with Crippen molar-refractivity contribution in [1.82, 2.24) is 0 Å². The first kappa shape index (κ1) is 10.6. The number of hydrogen-bond acceptors (Lipinski definition) is 2. The predicted octanol–water partition coefficient (Wildman–Crippen LogP) is 0.394. The van der Waals surface area contributed by atoms with Crippen LogP contribution in [0.4, 0.5) is 13.2 Å². The van der Waals surface area contributed by atoms with E-state index < -0.39 is 15.6 Å². The molecule has 9 heavy (non-hydrogen) atoms. The van der Waals surface area contributed by atoms with Crippen molar-refractivity contribution in [2.24, 2.45) is 0 Å². The van der Waals surface area contributed by atoms with Crippen LogP contribution in [0.5, 0.6) is 0 Å². The Morgan fingerprint density at radius 2 is 1.33 bits per heavy atom. The van der Waals surface area contributed by atoms with Crippen LogP contribution < -0.4 is 0 Å². The van der Waals surface area contributed by atoms with Gasteiger partial charge in [-0.3, -0.25) is 4.55 Å². The van der Waals surface area contributed by atoms with E-state index in [1.807, 2.05) is 0 Å². The molecule has 1 N–H and O–H groups in total. The van der Waals surface area contributed by atoms with Crippen LogP contribution in [-0.2, 0) is 10.1 Å². The minimum atomic E-state index is -5.84. The van der Waals surface area contributed by atoms with Gasteiger partial charge in [-0.05, 0) is 0 Å². The molecule has 0 unspecified atom stereocenters. The molecule has 0 fully saturated rings. The summed E-state index contributed by atoms with van der Waals surface area (Å²) < 4.78 is 57.5. The van der Waals surface area contributed by atoms with Crippen LogP contribution in [0.25, 0.3) is 0 Å². The third-order valence-corrected chi connectivity index (χ3v) is 0.877. The summed E-state index contributed by atoms with van der Waals surface area (Å²) in [4.78, 5) is 0. The molecule has 0 saturated carbocycles. The molecule has 0 aromatic rings. The Bertz CT molecular complexity index is 168. The molecule has 0 amide bonds. The number of rotatable bonds is 0. The molecular weight excluding hydrogens is 416 g/mol. The van der Waals surface area contributed by atoms with Crippen molar-refractivity contribution in [3.63, 3.8) is 0 Å². The van der Waals surface area contributed by atoms with E-state index >= 15 is 0 Å². The maximum Gasteiger partial charge on any atom is 0.522 e. The van der Waals surface area contributed by atoms with Crippen LogP contribution in [0.1, 0.15) is 0 Å². The van der Waals surface area contributed by atoms with Gasteiger partial charge in [-0.1, -0.05) is 0 Å². The summed E-state index contributed by atoms with van der Waals surface area (Å²) in [5, 5.41) is 0. The van der Waals surface area contributed by atoms with E-state index in [2.05, 4.69) is 0 Å². The summed E-state index contributed by atoms with van der Waals surface area (Å²) in [6, 6.07) is 0. The van der Waals surface area contributed by atoms with Gasteiger partial charge in [0.1, 0.15) is 0 Å². The molecule has 0 bridgehead atoms. The molecule has 0 heterocycles.